The molecule has 0 radical (unpaired) electrons. The molecule has 0 fully saturated rings. The number of aromatic nitrogens is 2. The summed E-state index contributed by atoms with van der Waals surface area (Å²) in [5.41, 5.74) is 1.30. The zero-order chi connectivity index (χ0) is 19.4. The van der Waals surface area contributed by atoms with E-state index in [1.807, 2.05) is 37.3 Å². The van der Waals surface area contributed by atoms with Crippen LogP contribution in [-0.2, 0) is 14.8 Å². The fourth-order valence-electron chi connectivity index (χ4n) is 2.26. The maximum atomic E-state index is 12.9. The van der Waals surface area contributed by atoms with Gasteiger partial charge in [-0.05, 0) is 36.8 Å². The number of primary sulfonamides is 1. The van der Waals surface area contributed by atoms with Crippen LogP contribution in [0.1, 0.15) is 15.8 Å². The Labute approximate surface area is 165 Å². The zero-order valence-electron chi connectivity index (χ0n) is 14.2. The third-order valence-corrected chi connectivity index (χ3v) is 6.62. The Morgan fingerprint density at radius 2 is 1.78 bits per heavy atom. The molecule has 3 rings (SSSR count). The molecule has 0 bridgehead atoms. The number of nitrogens with zero attached hydrogens (tertiary/aromatic N) is 2. The molecule has 1 amide bonds. The molecule has 0 spiro atoms. The molecule has 1 aromatic heterocycles. The minimum Gasteiger partial charge on any atom is -0.325 e. The lowest BCUT2D eigenvalue weighted by molar-refractivity contribution is -0.115. The van der Waals surface area contributed by atoms with Gasteiger partial charge >= 0.3 is 0 Å². The number of aryl methyl sites for hydroxylation is 1. The Bertz CT molecular complexity index is 1030. The number of benzene rings is 2. The van der Waals surface area contributed by atoms with Crippen LogP contribution < -0.4 is 10.5 Å². The van der Waals surface area contributed by atoms with Gasteiger partial charge in [0, 0.05) is 5.69 Å². The standard InChI is InChI=1S/C17H16N4O3S3/c1-11-20-21-17(25-11)26-15(12-5-3-2-4-6-12)16(22)19-13-7-9-14(10-8-13)27(18,23)24/h2-10,15H,1H3,(H,19,22)(H2,18,23,24)/t15-/m1/s1. The minimum atomic E-state index is -3.78. The summed E-state index contributed by atoms with van der Waals surface area (Å²) in [6, 6.07) is 15.0. The van der Waals surface area contributed by atoms with Crippen LogP contribution >= 0.6 is 23.1 Å². The van der Waals surface area contributed by atoms with E-state index in [1.165, 1.54) is 47.4 Å². The molecule has 27 heavy (non-hydrogen) atoms. The lowest BCUT2D eigenvalue weighted by Gasteiger charge is -2.15. The molecule has 10 heteroatoms. The highest BCUT2D eigenvalue weighted by atomic mass is 32.2. The van der Waals surface area contributed by atoms with Crippen LogP contribution in [0.3, 0.4) is 0 Å². The van der Waals surface area contributed by atoms with E-state index in [4.69, 9.17) is 5.14 Å². The number of nitrogens with one attached hydrogen (secondary N) is 1. The highest BCUT2D eigenvalue weighted by Crippen LogP contribution is 2.37. The topological polar surface area (TPSA) is 115 Å². The van der Waals surface area contributed by atoms with Crippen molar-refractivity contribution in [3.05, 3.63) is 65.2 Å². The number of amides is 1. The fraction of sp³-hybridized carbons (Fsp3) is 0.118. The van der Waals surface area contributed by atoms with Crippen LogP contribution in [0.25, 0.3) is 0 Å². The summed E-state index contributed by atoms with van der Waals surface area (Å²) in [5, 5.41) is 16.3. The maximum Gasteiger partial charge on any atom is 0.242 e. The summed E-state index contributed by atoms with van der Waals surface area (Å²) >= 11 is 2.73. The Morgan fingerprint density at radius 3 is 2.33 bits per heavy atom. The fourth-order valence-corrected chi connectivity index (χ4v) is 4.79. The molecule has 3 N–H and O–H groups in total. The number of carbonyl (C=O) groups is 1. The molecule has 2 aromatic carbocycles. The van der Waals surface area contributed by atoms with Gasteiger partial charge in [-0.1, -0.05) is 53.4 Å². The van der Waals surface area contributed by atoms with E-state index >= 15 is 0 Å². The number of anilines is 1. The Morgan fingerprint density at radius 1 is 1.11 bits per heavy atom. The van der Waals surface area contributed by atoms with Gasteiger partial charge in [0.2, 0.25) is 15.9 Å². The van der Waals surface area contributed by atoms with Gasteiger partial charge in [0.05, 0.1) is 4.90 Å². The maximum absolute atomic E-state index is 12.9. The van der Waals surface area contributed by atoms with Crippen LogP contribution in [0.4, 0.5) is 5.69 Å². The Hall–Kier alpha value is -2.27. The molecule has 3 aromatic rings. The third kappa shape index (κ3) is 5.13. The first kappa shape index (κ1) is 19.5. The van der Waals surface area contributed by atoms with Gasteiger partial charge in [0.15, 0.2) is 4.34 Å². The van der Waals surface area contributed by atoms with Crippen LogP contribution in [0, 0.1) is 6.92 Å². The number of sulfonamides is 1. The molecule has 140 valence electrons. The average Bonchev–Trinajstić information content (AvgIpc) is 3.05. The molecule has 1 heterocycles. The molecule has 0 saturated heterocycles. The lowest BCUT2D eigenvalue weighted by Crippen LogP contribution is -2.19. The molecular formula is C17H16N4O3S3. The Balaban J connectivity index is 1.82. The van der Waals surface area contributed by atoms with Crippen molar-refractivity contribution in [2.24, 2.45) is 5.14 Å². The van der Waals surface area contributed by atoms with Crippen LogP contribution in [0.2, 0.25) is 0 Å². The highest BCUT2D eigenvalue weighted by Gasteiger charge is 2.24. The van der Waals surface area contributed by atoms with E-state index in [0.29, 0.717) is 10.0 Å². The number of nitrogens with two attached hydrogens (primary N) is 1. The number of hydrogen-bond acceptors (Lipinski definition) is 7. The smallest absolute Gasteiger partial charge is 0.242 e. The quantitative estimate of drug-likeness (QED) is 0.593. The van der Waals surface area contributed by atoms with Crippen LogP contribution in [0.15, 0.2) is 63.8 Å². The summed E-state index contributed by atoms with van der Waals surface area (Å²) in [6.07, 6.45) is 0. The first-order valence-corrected chi connectivity index (χ1v) is 11.0. The number of hydrogen-bond donors (Lipinski definition) is 2. The van der Waals surface area contributed by atoms with E-state index in [-0.39, 0.29) is 10.8 Å². The van der Waals surface area contributed by atoms with Crippen LogP contribution in [0.5, 0.6) is 0 Å². The van der Waals surface area contributed by atoms with Gasteiger partial charge in [-0.15, -0.1) is 10.2 Å². The third-order valence-electron chi connectivity index (χ3n) is 3.52. The average molecular weight is 421 g/mol. The minimum absolute atomic E-state index is 0.0150. The van der Waals surface area contributed by atoms with E-state index in [9.17, 15) is 13.2 Å². The van der Waals surface area contributed by atoms with Crippen molar-refractivity contribution >= 4 is 44.7 Å². The Kier molecular flexibility index (Phi) is 5.90. The molecule has 0 aliphatic heterocycles. The van der Waals surface area contributed by atoms with Crippen molar-refractivity contribution in [3.63, 3.8) is 0 Å². The normalized spacial score (nSPS) is 12.5. The van der Waals surface area contributed by atoms with E-state index in [0.717, 1.165) is 10.6 Å². The number of thioether (sulfide) groups is 1. The molecule has 7 nitrogen and oxygen atoms in total. The molecular weight excluding hydrogens is 404 g/mol. The molecule has 0 unspecified atom stereocenters. The molecule has 0 saturated carbocycles. The van der Waals surface area contributed by atoms with Crippen molar-refractivity contribution in [2.75, 3.05) is 5.32 Å². The van der Waals surface area contributed by atoms with Crippen molar-refractivity contribution in [2.45, 2.75) is 21.4 Å². The summed E-state index contributed by atoms with van der Waals surface area (Å²) in [5.74, 6) is -0.248. The first-order chi connectivity index (χ1) is 12.8. The van der Waals surface area contributed by atoms with Gasteiger partial charge < -0.3 is 5.32 Å². The van der Waals surface area contributed by atoms with Crippen molar-refractivity contribution in [3.8, 4) is 0 Å². The van der Waals surface area contributed by atoms with E-state index < -0.39 is 15.3 Å². The predicted octanol–water partition coefficient (Wildman–Crippen LogP) is 2.97. The highest BCUT2D eigenvalue weighted by molar-refractivity contribution is 8.01. The SMILES string of the molecule is Cc1nnc(S[C@@H](C(=O)Nc2ccc(S(N)(=O)=O)cc2)c2ccccc2)s1. The van der Waals surface area contributed by atoms with Gasteiger partial charge in [0.25, 0.3) is 0 Å². The molecule has 0 aliphatic rings. The van der Waals surface area contributed by atoms with Crippen molar-refractivity contribution in [1.82, 2.24) is 10.2 Å². The zero-order valence-corrected chi connectivity index (χ0v) is 16.6. The van der Waals surface area contributed by atoms with Gasteiger partial charge in [0.1, 0.15) is 10.3 Å². The summed E-state index contributed by atoms with van der Waals surface area (Å²) in [6.45, 7) is 1.85. The second-order valence-electron chi connectivity index (χ2n) is 5.55. The predicted molar refractivity (Wildman–Crippen MR) is 106 cm³/mol. The first-order valence-electron chi connectivity index (χ1n) is 7.78. The lowest BCUT2D eigenvalue weighted by atomic mass is 10.1. The van der Waals surface area contributed by atoms with Crippen LogP contribution in [-0.4, -0.2) is 24.5 Å². The second kappa shape index (κ2) is 8.17. The number of carbonyl (C=O) groups excluding carboxylic acids is 1. The molecule has 0 aliphatic carbocycles. The number of rotatable bonds is 6. The summed E-state index contributed by atoms with van der Waals surface area (Å²) in [7, 11) is -3.78. The summed E-state index contributed by atoms with van der Waals surface area (Å²) in [4.78, 5) is 12.9. The summed E-state index contributed by atoms with van der Waals surface area (Å²) < 4.78 is 23.4. The van der Waals surface area contributed by atoms with Gasteiger partial charge in [-0.2, -0.15) is 0 Å². The van der Waals surface area contributed by atoms with E-state index in [2.05, 4.69) is 15.5 Å². The second-order valence-corrected chi connectivity index (χ2v) is 9.65. The van der Waals surface area contributed by atoms with Crippen molar-refractivity contribution < 1.29 is 13.2 Å². The monoisotopic (exact) mass is 420 g/mol. The van der Waals surface area contributed by atoms with Gasteiger partial charge in [-0.25, -0.2) is 13.6 Å². The van der Waals surface area contributed by atoms with Crippen molar-refractivity contribution in [1.29, 1.82) is 0 Å². The largest absolute Gasteiger partial charge is 0.325 e. The van der Waals surface area contributed by atoms with Gasteiger partial charge in [-0.3, -0.25) is 4.79 Å². The molecule has 1 atom stereocenters. The van der Waals surface area contributed by atoms with E-state index in [1.54, 1.807) is 0 Å².